The Balaban J connectivity index is 2.49. The smallest absolute Gasteiger partial charge is 0.335 e. The van der Waals surface area contributed by atoms with Crippen molar-refractivity contribution in [3.63, 3.8) is 0 Å². The number of benzene rings is 2. The second kappa shape index (κ2) is 5.02. The monoisotopic (exact) mass is 258 g/mol. The third-order valence-electron chi connectivity index (χ3n) is 2.93. The quantitative estimate of drug-likeness (QED) is 0.859. The molecule has 0 unspecified atom stereocenters. The van der Waals surface area contributed by atoms with Crippen LogP contribution in [0.1, 0.15) is 26.3 Å². The first-order valence-electron chi connectivity index (χ1n) is 5.62. The highest BCUT2D eigenvalue weighted by Gasteiger charge is 2.10. The summed E-state index contributed by atoms with van der Waals surface area (Å²) in [6, 6.07) is 8.68. The molecule has 0 fully saturated rings. The normalized spacial score (nSPS) is 10.2. The first-order valence-corrected chi connectivity index (χ1v) is 5.62. The van der Waals surface area contributed by atoms with Gasteiger partial charge in [0.15, 0.2) is 0 Å². The molecule has 0 saturated heterocycles. The molecule has 2 aromatic carbocycles. The Kier molecular flexibility index (Phi) is 3.42. The van der Waals surface area contributed by atoms with Crippen LogP contribution >= 0.6 is 0 Å². The van der Waals surface area contributed by atoms with Gasteiger partial charge in [-0.2, -0.15) is 0 Å². The number of hydrogen-bond acceptors (Lipinski definition) is 2. The molecule has 0 bridgehead atoms. The average molecular weight is 258 g/mol. The fourth-order valence-electron chi connectivity index (χ4n) is 1.84. The molecule has 2 rings (SSSR count). The van der Waals surface area contributed by atoms with E-state index in [4.69, 9.17) is 5.11 Å². The van der Waals surface area contributed by atoms with Gasteiger partial charge in [0.2, 0.25) is 0 Å². The Hall–Kier alpha value is -2.49. The molecule has 19 heavy (non-hydrogen) atoms. The summed E-state index contributed by atoms with van der Waals surface area (Å²) in [5.74, 6) is -1.53. The number of carbonyl (C=O) groups is 2. The van der Waals surface area contributed by atoms with Crippen molar-refractivity contribution in [1.82, 2.24) is 0 Å². The summed E-state index contributed by atoms with van der Waals surface area (Å²) >= 11 is 0. The van der Waals surface area contributed by atoms with Crippen LogP contribution in [0.3, 0.4) is 0 Å². The van der Waals surface area contributed by atoms with Crippen molar-refractivity contribution in [1.29, 1.82) is 0 Å². The number of aromatic carboxylic acids is 1. The second-order valence-corrected chi connectivity index (χ2v) is 4.19. The molecule has 0 aromatic heterocycles. The lowest BCUT2D eigenvalue weighted by molar-refractivity contribution is 0.0696. The molecule has 0 aliphatic rings. The molecule has 0 saturated carbocycles. The van der Waals surface area contributed by atoms with Crippen molar-refractivity contribution in [2.24, 2.45) is 0 Å². The van der Waals surface area contributed by atoms with E-state index in [1.165, 1.54) is 18.2 Å². The van der Waals surface area contributed by atoms with Gasteiger partial charge in [-0.25, -0.2) is 9.18 Å². The molecule has 3 nitrogen and oxygen atoms in total. The molecule has 0 spiro atoms. The predicted octanol–water partition coefficient (Wildman–Crippen LogP) is 3.31. The third-order valence-corrected chi connectivity index (χ3v) is 2.93. The van der Waals surface area contributed by atoms with Gasteiger partial charge < -0.3 is 5.11 Å². The molecular formula is C15H11FO3. The van der Waals surface area contributed by atoms with Crippen molar-refractivity contribution in [2.45, 2.75) is 6.92 Å². The standard InChI is InChI=1S/C15H11FO3/c1-9-6-13(14(16)7-12(9)8-17)10-2-4-11(5-3-10)15(18)19/h2-8H,1H3,(H,18,19). The Morgan fingerprint density at radius 3 is 2.37 bits per heavy atom. The number of aldehydes is 1. The number of aryl methyl sites for hydroxylation is 1. The summed E-state index contributed by atoms with van der Waals surface area (Å²) < 4.78 is 13.9. The predicted molar refractivity (Wildman–Crippen MR) is 68.9 cm³/mol. The van der Waals surface area contributed by atoms with E-state index >= 15 is 0 Å². The first-order chi connectivity index (χ1) is 9.02. The van der Waals surface area contributed by atoms with Crippen molar-refractivity contribution < 1.29 is 19.1 Å². The van der Waals surface area contributed by atoms with Crippen LogP contribution in [0.15, 0.2) is 36.4 Å². The lowest BCUT2D eigenvalue weighted by Crippen LogP contribution is -1.96. The van der Waals surface area contributed by atoms with E-state index in [1.807, 2.05) is 0 Å². The highest BCUT2D eigenvalue weighted by Crippen LogP contribution is 2.25. The van der Waals surface area contributed by atoms with Gasteiger partial charge >= 0.3 is 5.97 Å². The summed E-state index contributed by atoms with van der Waals surface area (Å²) in [6.07, 6.45) is 0.607. The van der Waals surface area contributed by atoms with E-state index in [1.54, 1.807) is 25.1 Å². The maximum atomic E-state index is 13.9. The summed E-state index contributed by atoms with van der Waals surface area (Å²) in [7, 11) is 0. The van der Waals surface area contributed by atoms with E-state index in [0.717, 1.165) is 0 Å². The molecule has 0 atom stereocenters. The van der Waals surface area contributed by atoms with Crippen LogP contribution in [0.4, 0.5) is 4.39 Å². The molecule has 0 heterocycles. The molecule has 4 heteroatoms. The first kappa shape index (κ1) is 13.0. The SMILES string of the molecule is Cc1cc(-c2ccc(C(=O)O)cc2)c(F)cc1C=O. The molecule has 0 amide bonds. The largest absolute Gasteiger partial charge is 0.478 e. The van der Waals surface area contributed by atoms with Crippen molar-refractivity contribution >= 4 is 12.3 Å². The lowest BCUT2D eigenvalue weighted by atomic mass is 9.99. The topological polar surface area (TPSA) is 54.4 Å². The summed E-state index contributed by atoms with van der Waals surface area (Å²) in [6.45, 7) is 1.72. The van der Waals surface area contributed by atoms with Crippen molar-refractivity contribution in [3.8, 4) is 11.1 Å². The molecular weight excluding hydrogens is 247 g/mol. The van der Waals surface area contributed by atoms with Crippen LogP contribution < -0.4 is 0 Å². The zero-order valence-electron chi connectivity index (χ0n) is 10.2. The number of carboxylic acid groups (broad SMARTS) is 1. The van der Waals surface area contributed by atoms with Crippen LogP contribution in [-0.4, -0.2) is 17.4 Å². The fourth-order valence-corrected chi connectivity index (χ4v) is 1.84. The van der Waals surface area contributed by atoms with E-state index in [-0.39, 0.29) is 5.56 Å². The van der Waals surface area contributed by atoms with Crippen molar-refractivity contribution in [2.75, 3.05) is 0 Å². The lowest BCUT2D eigenvalue weighted by Gasteiger charge is -2.07. The van der Waals surface area contributed by atoms with Crippen LogP contribution in [-0.2, 0) is 0 Å². The minimum absolute atomic E-state index is 0.144. The molecule has 96 valence electrons. The summed E-state index contributed by atoms with van der Waals surface area (Å²) in [5, 5.41) is 8.80. The maximum Gasteiger partial charge on any atom is 0.335 e. The van der Waals surface area contributed by atoms with E-state index < -0.39 is 11.8 Å². The summed E-state index contributed by atoms with van der Waals surface area (Å²) in [5.41, 5.74) is 2.05. The highest BCUT2D eigenvalue weighted by atomic mass is 19.1. The van der Waals surface area contributed by atoms with Crippen LogP contribution in [0.2, 0.25) is 0 Å². The van der Waals surface area contributed by atoms with E-state index in [0.29, 0.717) is 28.5 Å². The van der Waals surface area contributed by atoms with Gasteiger partial charge in [0.05, 0.1) is 5.56 Å². The van der Waals surface area contributed by atoms with Gasteiger partial charge in [-0.05, 0) is 42.3 Å². The highest BCUT2D eigenvalue weighted by molar-refractivity contribution is 5.88. The Morgan fingerprint density at radius 1 is 1.21 bits per heavy atom. The Labute approximate surface area is 109 Å². The molecule has 0 aliphatic carbocycles. The van der Waals surface area contributed by atoms with Gasteiger partial charge in [-0.3, -0.25) is 4.79 Å². The Morgan fingerprint density at radius 2 is 1.84 bits per heavy atom. The zero-order chi connectivity index (χ0) is 14.0. The third kappa shape index (κ3) is 2.52. The second-order valence-electron chi connectivity index (χ2n) is 4.19. The van der Waals surface area contributed by atoms with E-state index in [9.17, 15) is 14.0 Å². The molecule has 0 radical (unpaired) electrons. The van der Waals surface area contributed by atoms with Gasteiger partial charge in [0.25, 0.3) is 0 Å². The Bertz CT molecular complexity index is 645. The fraction of sp³-hybridized carbons (Fsp3) is 0.0667. The van der Waals surface area contributed by atoms with Crippen LogP contribution in [0, 0.1) is 12.7 Å². The van der Waals surface area contributed by atoms with Gasteiger partial charge in [0, 0.05) is 11.1 Å². The number of carboxylic acids is 1. The van der Waals surface area contributed by atoms with Crippen molar-refractivity contribution in [3.05, 3.63) is 58.9 Å². The molecule has 2 aromatic rings. The number of carbonyl (C=O) groups excluding carboxylic acids is 1. The number of hydrogen-bond donors (Lipinski definition) is 1. The number of halogens is 1. The molecule has 0 aliphatic heterocycles. The van der Waals surface area contributed by atoms with Gasteiger partial charge in [-0.15, -0.1) is 0 Å². The van der Waals surface area contributed by atoms with E-state index in [2.05, 4.69) is 0 Å². The van der Waals surface area contributed by atoms with Crippen LogP contribution in [0.25, 0.3) is 11.1 Å². The average Bonchev–Trinajstić information content (AvgIpc) is 2.41. The minimum atomic E-state index is -1.03. The van der Waals surface area contributed by atoms with Crippen LogP contribution in [0.5, 0.6) is 0 Å². The minimum Gasteiger partial charge on any atom is -0.478 e. The zero-order valence-corrected chi connectivity index (χ0v) is 10.2. The number of rotatable bonds is 3. The molecule has 1 N–H and O–H groups in total. The summed E-state index contributed by atoms with van der Waals surface area (Å²) in [4.78, 5) is 21.5. The van der Waals surface area contributed by atoms with Gasteiger partial charge in [0.1, 0.15) is 12.1 Å². The maximum absolute atomic E-state index is 13.9. The van der Waals surface area contributed by atoms with Gasteiger partial charge in [-0.1, -0.05) is 12.1 Å².